The molecule has 0 N–H and O–H groups in total. The Bertz CT molecular complexity index is 602. The minimum absolute atomic E-state index is 0.0648. The molecule has 1 aromatic rings. The molecular weight excluding hydrogens is 252 g/mol. The third-order valence-corrected chi connectivity index (χ3v) is 6.42. The first kappa shape index (κ1) is 11.7. The van der Waals surface area contributed by atoms with Crippen molar-refractivity contribution in [3.63, 3.8) is 0 Å². The van der Waals surface area contributed by atoms with E-state index in [4.69, 9.17) is 4.74 Å². The van der Waals surface area contributed by atoms with E-state index in [9.17, 15) is 13.2 Å². The highest BCUT2D eigenvalue weighted by Gasteiger charge is 2.71. The maximum absolute atomic E-state index is 12.6. The summed E-state index contributed by atoms with van der Waals surface area (Å²) in [4.78, 5) is 12.1. The van der Waals surface area contributed by atoms with E-state index in [0.717, 1.165) is 5.56 Å². The van der Waals surface area contributed by atoms with Gasteiger partial charge < -0.3 is 4.74 Å². The van der Waals surface area contributed by atoms with Crippen molar-refractivity contribution in [2.75, 3.05) is 6.61 Å². The number of rotatable bonds is 2. The van der Waals surface area contributed by atoms with Crippen LogP contribution in [0.5, 0.6) is 0 Å². The number of ether oxygens (including phenoxy) is 1. The number of esters is 1. The molecule has 18 heavy (non-hydrogen) atoms. The first-order valence-corrected chi connectivity index (χ1v) is 7.45. The van der Waals surface area contributed by atoms with Crippen molar-refractivity contribution in [2.45, 2.75) is 29.4 Å². The van der Waals surface area contributed by atoms with Gasteiger partial charge in [-0.15, -0.1) is 0 Å². The Kier molecular flexibility index (Phi) is 2.32. The quantitative estimate of drug-likeness (QED) is 0.761. The average molecular weight is 266 g/mol. The molecule has 0 aromatic heterocycles. The maximum Gasteiger partial charge on any atom is 0.328 e. The van der Waals surface area contributed by atoms with Crippen LogP contribution in [0.4, 0.5) is 0 Å². The van der Waals surface area contributed by atoms with Crippen LogP contribution in [-0.4, -0.2) is 25.7 Å². The van der Waals surface area contributed by atoms with Gasteiger partial charge in [0.1, 0.15) is 0 Å². The number of carbonyl (C=O) groups excluding carboxylic acids is 1. The third-order valence-electron chi connectivity index (χ3n) is 3.90. The molecule has 0 bridgehead atoms. The second kappa shape index (κ2) is 3.57. The molecule has 2 aliphatic rings. The van der Waals surface area contributed by atoms with Gasteiger partial charge in [-0.3, -0.25) is 4.79 Å². The lowest BCUT2D eigenvalue weighted by Crippen LogP contribution is -2.39. The van der Waals surface area contributed by atoms with Crippen molar-refractivity contribution in [3.05, 3.63) is 29.8 Å². The number of cyclic esters (lactones) is 1. The van der Waals surface area contributed by atoms with Crippen molar-refractivity contribution in [2.24, 2.45) is 5.92 Å². The highest BCUT2D eigenvalue weighted by molar-refractivity contribution is 7.94. The lowest BCUT2D eigenvalue weighted by atomic mass is 10.2. The first-order chi connectivity index (χ1) is 8.48. The third kappa shape index (κ3) is 1.37. The van der Waals surface area contributed by atoms with E-state index < -0.39 is 20.6 Å². The lowest BCUT2D eigenvalue weighted by molar-refractivity contribution is -0.146. The van der Waals surface area contributed by atoms with Crippen LogP contribution >= 0.6 is 0 Å². The molecule has 0 radical (unpaired) electrons. The predicted molar refractivity (Wildman–Crippen MR) is 64.8 cm³/mol. The van der Waals surface area contributed by atoms with Gasteiger partial charge in [0, 0.05) is 0 Å². The van der Waals surface area contributed by atoms with Crippen LogP contribution < -0.4 is 0 Å². The fourth-order valence-corrected chi connectivity index (χ4v) is 4.85. The number of benzene rings is 1. The van der Waals surface area contributed by atoms with E-state index in [1.165, 1.54) is 0 Å². The van der Waals surface area contributed by atoms with Crippen molar-refractivity contribution in [1.29, 1.82) is 0 Å². The van der Waals surface area contributed by atoms with E-state index in [-0.39, 0.29) is 10.8 Å². The normalized spacial score (nSPS) is 30.5. The Hall–Kier alpha value is -1.36. The molecule has 1 saturated heterocycles. The zero-order chi connectivity index (χ0) is 13.0. The van der Waals surface area contributed by atoms with E-state index in [1.54, 1.807) is 24.3 Å². The van der Waals surface area contributed by atoms with Gasteiger partial charge in [0.2, 0.25) is 0 Å². The van der Waals surface area contributed by atoms with Gasteiger partial charge in [-0.2, -0.15) is 0 Å². The monoisotopic (exact) mass is 266 g/mol. The van der Waals surface area contributed by atoms with Crippen molar-refractivity contribution < 1.29 is 17.9 Å². The smallest absolute Gasteiger partial charge is 0.328 e. The standard InChI is InChI=1S/C13H14O4S/c1-9-2-4-11(5-3-9)18(15,16)13-8-10(13)6-7-17-12(13)14/h2-5,10H,6-8H2,1H3/t10-,13-/m1/s1. The van der Waals surface area contributed by atoms with Gasteiger partial charge in [-0.1, -0.05) is 17.7 Å². The molecule has 96 valence electrons. The molecule has 0 spiro atoms. The van der Waals surface area contributed by atoms with Crippen LogP contribution in [0.1, 0.15) is 18.4 Å². The largest absolute Gasteiger partial charge is 0.464 e. The van der Waals surface area contributed by atoms with Crippen LogP contribution in [-0.2, 0) is 19.4 Å². The average Bonchev–Trinajstić information content (AvgIpc) is 3.07. The minimum atomic E-state index is -3.63. The lowest BCUT2D eigenvalue weighted by Gasteiger charge is -2.21. The molecule has 0 amide bonds. The van der Waals surface area contributed by atoms with E-state index in [2.05, 4.69) is 0 Å². The summed E-state index contributed by atoms with van der Waals surface area (Å²) in [6.07, 6.45) is 1.05. The minimum Gasteiger partial charge on any atom is -0.464 e. The fourth-order valence-electron chi connectivity index (χ4n) is 2.67. The molecule has 1 saturated carbocycles. The van der Waals surface area contributed by atoms with Crippen LogP contribution in [0.25, 0.3) is 0 Å². The Morgan fingerprint density at radius 2 is 1.94 bits per heavy atom. The van der Waals surface area contributed by atoms with Crippen molar-refractivity contribution >= 4 is 15.8 Å². The van der Waals surface area contributed by atoms with E-state index in [0.29, 0.717) is 19.4 Å². The van der Waals surface area contributed by atoms with Crippen LogP contribution in [0.2, 0.25) is 0 Å². The summed E-state index contributed by atoms with van der Waals surface area (Å²) in [5.74, 6) is -0.635. The van der Waals surface area contributed by atoms with Gasteiger partial charge >= 0.3 is 5.97 Å². The van der Waals surface area contributed by atoms with Gasteiger partial charge in [-0.05, 0) is 37.8 Å². The molecule has 3 rings (SSSR count). The molecule has 2 fully saturated rings. The zero-order valence-electron chi connectivity index (χ0n) is 10.0. The van der Waals surface area contributed by atoms with Gasteiger partial charge in [0.05, 0.1) is 11.5 Å². The van der Waals surface area contributed by atoms with Crippen molar-refractivity contribution in [3.8, 4) is 0 Å². The summed E-state index contributed by atoms with van der Waals surface area (Å²) in [6, 6.07) is 6.62. The molecule has 4 nitrogen and oxygen atoms in total. The Morgan fingerprint density at radius 1 is 1.28 bits per heavy atom. The van der Waals surface area contributed by atoms with Gasteiger partial charge in [0.15, 0.2) is 14.6 Å². The van der Waals surface area contributed by atoms with Crippen LogP contribution in [0.15, 0.2) is 29.2 Å². The number of fused-ring (bicyclic) bond motifs is 1. The summed E-state index contributed by atoms with van der Waals surface area (Å²) in [6.45, 7) is 2.23. The molecule has 1 heterocycles. The summed E-state index contributed by atoms with van der Waals surface area (Å²) >= 11 is 0. The summed E-state index contributed by atoms with van der Waals surface area (Å²) in [5.41, 5.74) is 0.991. The fraction of sp³-hybridized carbons (Fsp3) is 0.462. The van der Waals surface area contributed by atoms with E-state index in [1.807, 2.05) is 6.92 Å². The van der Waals surface area contributed by atoms with Crippen LogP contribution in [0.3, 0.4) is 0 Å². The molecule has 1 aliphatic carbocycles. The number of hydrogen-bond acceptors (Lipinski definition) is 4. The predicted octanol–water partition coefficient (Wildman–Crippen LogP) is 1.47. The van der Waals surface area contributed by atoms with Gasteiger partial charge in [-0.25, -0.2) is 8.42 Å². The number of hydrogen-bond donors (Lipinski definition) is 0. The highest BCUT2D eigenvalue weighted by atomic mass is 32.2. The Labute approximate surface area is 106 Å². The Balaban J connectivity index is 2.06. The molecule has 1 aliphatic heterocycles. The topological polar surface area (TPSA) is 60.4 Å². The summed E-state index contributed by atoms with van der Waals surface area (Å²) in [7, 11) is -3.63. The number of carbonyl (C=O) groups is 1. The molecule has 1 aromatic carbocycles. The van der Waals surface area contributed by atoms with Gasteiger partial charge in [0.25, 0.3) is 0 Å². The maximum atomic E-state index is 12.6. The molecule has 2 atom stereocenters. The molecule has 5 heteroatoms. The second-order valence-corrected chi connectivity index (χ2v) is 7.24. The molecule has 0 unspecified atom stereocenters. The summed E-state index contributed by atoms with van der Waals surface area (Å²) in [5, 5.41) is 0. The summed E-state index contributed by atoms with van der Waals surface area (Å²) < 4.78 is 28.8. The van der Waals surface area contributed by atoms with Crippen molar-refractivity contribution in [1.82, 2.24) is 0 Å². The second-order valence-electron chi connectivity index (χ2n) is 5.03. The van der Waals surface area contributed by atoms with E-state index >= 15 is 0 Å². The SMILES string of the molecule is Cc1ccc(S(=O)(=O)[C@]23C[C@H]2CCOC3=O)cc1. The van der Waals surface area contributed by atoms with Crippen LogP contribution in [0, 0.1) is 12.8 Å². The molecular formula is C13H14O4S. The zero-order valence-corrected chi connectivity index (χ0v) is 10.9. The first-order valence-electron chi connectivity index (χ1n) is 5.97. The number of aryl methyl sites for hydroxylation is 1. The Morgan fingerprint density at radius 3 is 2.56 bits per heavy atom. The number of sulfone groups is 1. The highest BCUT2D eigenvalue weighted by Crippen LogP contribution is 2.57.